The molecule has 1 atom stereocenters. The van der Waals surface area contributed by atoms with E-state index in [4.69, 9.17) is 0 Å². The number of H-pyrrole nitrogens is 2. The van der Waals surface area contributed by atoms with Crippen molar-refractivity contribution in [1.29, 1.82) is 0 Å². The summed E-state index contributed by atoms with van der Waals surface area (Å²) in [7, 11) is -3.83. The topological polar surface area (TPSA) is 135 Å². The molecule has 1 aromatic carbocycles. The molecule has 0 bridgehead atoms. The summed E-state index contributed by atoms with van der Waals surface area (Å²) in [5.41, 5.74) is -0.0596. The number of carboxylic acid groups (broad SMARTS) is 1. The van der Waals surface area contributed by atoms with Crippen LogP contribution in [0.4, 0.5) is 0 Å². The summed E-state index contributed by atoms with van der Waals surface area (Å²) >= 11 is 0. The minimum Gasteiger partial charge on any atom is -0.478 e. The zero-order valence-electron chi connectivity index (χ0n) is 17.1. The van der Waals surface area contributed by atoms with Crippen molar-refractivity contribution < 1.29 is 18.3 Å². The minimum atomic E-state index is -3.83. The standard InChI is InChI=1S/C20H24N4O5S.ClH/c1-11(2)24(10-12-4-3-7-21-12)30(28,29)13-5-6-16-14(8-13)17-15(20(26)27)9-22-18(17)19(25)23-16;/h5-6,8-9,11-12,21-22H,3-4,7,10H2,1-2H3,(H,23,25)(H,26,27);1H/t12-;/m0./s1. The summed E-state index contributed by atoms with van der Waals surface area (Å²) in [5, 5.41) is 13.4. The Kier molecular flexibility index (Phi) is 6.47. The number of rotatable bonds is 6. The molecule has 3 aromatic rings. The Morgan fingerprint density at radius 1 is 1.32 bits per heavy atom. The molecular weight excluding hydrogens is 444 g/mol. The molecule has 168 valence electrons. The number of aromatic carboxylic acids is 1. The van der Waals surface area contributed by atoms with Crippen molar-refractivity contribution in [2.24, 2.45) is 0 Å². The van der Waals surface area contributed by atoms with Crippen LogP contribution in [0.5, 0.6) is 0 Å². The fourth-order valence-electron chi connectivity index (χ4n) is 4.09. The largest absolute Gasteiger partial charge is 0.478 e. The van der Waals surface area contributed by atoms with E-state index < -0.39 is 21.6 Å². The Morgan fingerprint density at radius 2 is 2.06 bits per heavy atom. The molecule has 0 amide bonds. The maximum Gasteiger partial charge on any atom is 0.337 e. The van der Waals surface area contributed by atoms with Gasteiger partial charge in [0.25, 0.3) is 5.56 Å². The molecule has 9 nitrogen and oxygen atoms in total. The first-order valence-corrected chi connectivity index (χ1v) is 11.3. The van der Waals surface area contributed by atoms with Crippen molar-refractivity contribution in [3.05, 3.63) is 40.3 Å². The van der Waals surface area contributed by atoms with Crippen molar-refractivity contribution in [3.8, 4) is 0 Å². The van der Waals surface area contributed by atoms with Crippen LogP contribution in [0.2, 0.25) is 0 Å². The third-order valence-electron chi connectivity index (χ3n) is 5.59. The molecule has 1 aliphatic rings. The van der Waals surface area contributed by atoms with E-state index in [0.717, 1.165) is 19.4 Å². The van der Waals surface area contributed by atoms with Crippen molar-refractivity contribution in [1.82, 2.24) is 19.6 Å². The van der Waals surface area contributed by atoms with Gasteiger partial charge in [0.1, 0.15) is 5.52 Å². The Hall–Kier alpha value is -2.40. The van der Waals surface area contributed by atoms with Crippen LogP contribution in [0, 0.1) is 0 Å². The van der Waals surface area contributed by atoms with Gasteiger partial charge in [-0.05, 0) is 51.4 Å². The third kappa shape index (κ3) is 4.08. The first kappa shape index (κ1) is 23.3. The van der Waals surface area contributed by atoms with Gasteiger partial charge in [-0.15, -0.1) is 12.4 Å². The Morgan fingerprint density at radius 3 is 2.68 bits per heavy atom. The lowest BCUT2D eigenvalue weighted by Crippen LogP contribution is -2.44. The molecule has 0 spiro atoms. The van der Waals surface area contributed by atoms with Gasteiger partial charge >= 0.3 is 5.97 Å². The lowest BCUT2D eigenvalue weighted by atomic mass is 10.1. The number of hydrogen-bond donors (Lipinski definition) is 4. The first-order chi connectivity index (χ1) is 14.2. The SMILES string of the molecule is CC(C)N(C[C@@H]1CCCN1)S(=O)(=O)c1ccc2[nH]c(=O)c3[nH]cc(C(=O)O)c3c2c1.Cl. The molecule has 3 heterocycles. The molecule has 31 heavy (non-hydrogen) atoms. The molecule has 2 aromatic heterocycles. The van der Waals surface area contributed by atoms with Crippen LogP contribution < -0.4 is 10.9 Å². The van der Waals surface area contributed by atoms with Gasteiger partial charge in [0.05, 0.1) is 10.5 Å². The number of benzene rings is 1. The number of aromatic nitrogens is 2. The monoisotopic (exact) mass is 468 g/mol. The predicted octanol–water partition coefficient (Wildman–Crippen LogP) is 2.28. The van der Waals surface area contributed by atoms with Crippen LogP contribution in [-0.4, -0.2) is 58.9 Å². The van der Waals surface area contributed by atoms with Gasteiger partial charge in [-0.2, -0.15) is 4.31 Å². The Bertz CT molecular complexity index is 1290. The lowest BCUT2D eigenvalue weighted by molar-refractivity contribution is 0.0699. The van der Waals surface area contributed by atoms with Gasteiger partial charge in [-0.1, -0.05) is 0 Å². The first-order valence-electron chi connectivity index (χ1n) is 9.86. The summed E-state index contributed by atoms with van der Waals surface area (Å²) in [6.45, 7) is 4.91. The lowest BCUT2D eigenvalue weighted by Gasteiger charge is -2.28. The average molecular weight is 469 g/mol. The average Bonchev–Trinajstić information content (AvgIpc) is 3.35. The van der Waals surface area contributed by atoms with Gasteiger partial charge in [0.2, 0.25) is 10.0 Å². The summed E-state index contributed by atoms with van der Waals surface area (Å²) in [6, 6.07) is 4.26. The zero-order chi connectivity index (χ0) is 21.6. The number of hydrogen-bond acceptors (Lipinski definition) is 5. The summed E-state index contributed by atoms with van der Waals surface area (Å²) < 4.78 is 28.4. The molecular formula is C20H25ClN4O5S. The van der Waals surface area contributed by atoms with Gasteiger partial charge < -0.3 is 20.4 Å². The number of carbonyl (C=O) groups is 1. The summed E-state index contributed by atoms with van der Waals surface area (Å²) in [4.78, 5) is 29.3. The molecule has 0 unspecified atom stereocenters. The second-order valence-corrected chi connectivity index (χ2v) is 9.77. The van der Waals surface area contributed by atoms with Crippen LogP contribution in [0.1, 0.15) is 37.0 Å². The van der Waals surface area contributed by atoms with E-state index in [2.05, 4.69) is 15.3 Å². The number of aromatic amines is 2. The highest BCUT2D eigenvalue weighted by Gasteiger charge is 2.31. The Labute approximate surface area is 185 Å². The van der Waals surface area contributed by atoms with E-state index in [1.54, 1.807) is 0 Å². The zero-order valence-corrected chi connectivity index (χ0v) is 18.8. The highest BCUT2D eigenvalue weighted by atomic mass is 35.5. The molecule has 1 fully saturated rings. The summed E-state index contributed by atoms with van der Waals surface area (Å²) in [5.74, 6) is -1.20. The number of pyridine rings is 1. The fourth-order valence-corrected chi connectivity index (χ4v) is 5.80. The molecule has 0 saturated carbocycles. The number of halogens is 1. The van der Waals surface area contributed by atoms with Gasteiger partial charge in [0.15, 0.2) is 0 Å². The van der Waals surface area contributed by atoms with Gasteiger partial charge in [0, 0.05) is 41.1 Å². The number of carboxylic acids is 1. The van der Waals surface area contributed by atoms with Gasteiger partial charge in [-0.3, -0.25) is 4.79 Å². The van der Waals surface area contributed by atoms with E-state index in [0.29, 0.717) is 17.4 Å². The molecule has 4 rings (SSSR count). The quantitative estimate of drug-likeness (QED) is 0.438. The van der Waals surface area contributed by atoms with Crippen molar-refractivity contribution >= 4 is 50.2 Å². The molecule has 0 radical (unpaired) electrons. The molecule has 1 saturated heterocycles. The smallest absolute Gasteiger partial charge is 0.337 e. The minimum absolute atomic E-state index is 0. The number of nitrogens with zero attached hydrogens (tertiary/aromatic N) is 1. The van der Waals surface area contributed by atoms with Gasteiger partial charge in [-0.25, -0.2) is 13.2 Å². The van der Waals surface area contributed by atoms with Crippen LogP contribution in [-0.2, 0) is 10.0 Å². The third-order valence-corrected chi connectivity index (χ3v) is 7.63. The molecule has 11 heteroatoms. The summed E-state index contributed by atoms with van der Waals surface area (Å²) in [6.07, 6.45) is 3.18. The second-order valence-electron chi connectivity index (χ2n) is 7.88. The second kappa shape index (κ2) is 8.62. The molecule has 0 aliphatic carbocycles. The number of sulfonamides is 1. The van der Waals surface area contributed by atoms with Crippen molar-refractivity contribution in [2.45, 2.75) is 43.7 Å². The van der Waals surface area contributed by atoms with Crippen molar-refractivity contribution in [2.75, 3.05) is 13.1 Å². The predicted molar refractivity (Wildman–Crippen MR) is 121 cm³/mol. The highest BCUT2D eigenvalue weighted by molar-refractivity contribution is 7.89. The van der Waals surface area contributed by atoms with E-state index in [-0.39, 0.29) is 45.9 Å². The Balaban J connectivity index is 0.00000272. The maximum atomic E-state index is 13.5. The number of nitrogens with one attached hydrogen (secondary N) is 3. The highest BCUT2D eigenvalue weighted by Crippen LogP contribution is 2.29. The molecule has 1 aliphatic heterocycles. The van der Waals surface area contributed by atoms with E-state index in [1.807, 2.05) is 13.8 Å². The van der Waals surface area contributed by atoms with E-state index >= 15 is 0 Å². The van der Waals surface area contributed by atoms with E-state index in [9.17, 15) is 23.1 Å². The van der Waals surface area contributed by atoms with Crippen LogP contribution >= 0.6 is 12.4 Å². The molecule has 4 N–H and O–H groups in total. The fraction of sp³-hybridized carbons (Fsp3) is 0.400. The normalized spacial score (nSPS) is 17.0. The maximum absolute atomic E-state index is 13.5. The van der Waals surface area contributed by atoms with Crippen molar-refractivity contribution in [3.63, 3.8) is 0 Å². The van der Waals surface area contributed by atoms with Crippen LogP contribution in [0.15, 0.2) is 34.1 Å². The number of fused-ring (bicyclic) bond motifs is 3. The van der Waals surface area contributed by atoms with Crippen LogP contribution in [0.25, 0.3) is 21.8 Å². The van der Waals surface area contributed by atoms with E-state index in [1.165, 1.54) is 28.7 Å². The van der Waals surface area contributed by atoms with Crippen LogP contribution in [0.3, 0.4) is 0 Å².